The van der Waals surface area contributed by atoms with E-state index in [0.717, 1.165) is 38.5 Å². The molecule has 0 spiro atoms. The zero-order valence-electron chi connectivity index (χ0n) is 10.6. The number of methoxy groups -OCH3 is 1. The van der Waals surface area contributed by atoms with E-state index >= 15 is 0 Å². The van der Waals surface area contributed by atoms with Crippen molar-refractivity contribution in [1.82, 2.24) is 10.2 Å². The molecular weight excluding hydrogens is 271 g/mol. The molecule has 1 saturated heterocycles. The van der Waals surface area contributed by atoms with E-state index in [-0.39, 0.29) is 12.4 Å². The Morgan fingerprint density at radius 3 is 2.89 bits per heavy atom. The van der Waals surface area contributed by atoms with Gasteiger partial charge in [0, 0.05) is 19.6 Å². The van der Waals surface area contributed by atoms with Crippen LogP contribution >= 0.6 is 24.0 Å². The van der Waals surface area contributed by atoms with Crippen molar-refractivity contribution < 1.29 is 4.74 Å². The van der Waals surface area contributed by atoms with Gasteiger partial charge in [0.15, 0.2) is 0 Å². The largest absolute Gasteiger partial charge is 0.495 e. The number of rotatable bonds is 3. The molecule has 0 aliphatic carbocycles. The third-order valence-corrected chi connectivity index (χ3v) is 3.35. The van der Waals surface area contributed by atoms with E-state index in [0.29, 0.717) is 5.02 Å². The molecule has 2 rings (SSSR count). The van der Waals surface area contributed by atoms with E-state index in [4.69, 9.17) is 16.3 Å². The minimum atomic E-state index is 0. The highest BCUT2D eigenvalue weighted by atomic mass is 35.5. The maximum Gasteiger partial charge on any atom is 0.137 e. The van der Waals surface area contributed by atoms with Crippen molar-refractivity contribution in [2.45, 2.75) is 13.0 Å². The van der Waals surface area contributed by atoms with Gasteiger partial charge in [0.25, 0.3) is 0 Å². The fraction of sp³-hybridized carbons (Fsp3) is 0.538. The molecule has 1 aliphatic rings. The summed E-state index contributed by atoms with van der Waals surface area (Å²) in [6, 6.07) is 6.02. The normalized spacial score (nSPS) is 16.8. The summed E-state index contributed by atoms with van der Waals surface area (Å²) in [6.07, 6.45) is 1.21. The molecule has 1 aromatic carbocycles. The van der Waals surface area contributed by atoms with Gasteiger partial charge < -0.3 is 10.1 Å². The van der Waals surface area contributed by atoms with Crippen LogP contribution in [0.15, 0.2) is 18.2 Å². The Morgan fingerprint density at radius 2 is 2.17 bits per heavy atom. The van der Waals surface area contributed by atoms with E-state index in [9.17, 15) is 0 Å². The summed E-state index contributed by atoms with van der Waals surface area (Å²) in [7, 11) is 1.64. The van der Waals surface area contributed by atoms with Crippen LogP contribution in [-0.2, 0) is 6.54 Å². The van der Waals surface area contributed by atoms with Crippen molar-refractivity contribution in [1.29, 1.82) is 0 Å². The van der Waals surface area contributed by atoms with Gasteiger partial charge in [-0.1, -0.05) is 17.7 Å². The van der Waals surface area contributed by atoms with E-state index in [1.165, 1.54) is 12.0 Å². The summed E-state index contributed by atoms with van der Waals surface area (Å²) in [4.78, 5) is 2.46. The van der Waals surface area contributed by atoms with Gasteiger partial charge in [0.2, 0.25) is 0 Å². The quantitative estimate of drug-likeness (QED) is 0.926. The monoisotopic (exact) mass is 290 g/mol. The lowest BCUT2D eigenvalue weighted by Gasteiger charge is -2.19. The van der Waals surface area contributed by atoms with E-state index in [2.05, 4.69) is 16.3 Å². The third kappa shape index (κ3) is 4.32. The van der Waals surface area contributed by atoms with Crippen LogP contribution in [0.3, 0.4) is 0 Å². The highest BCUT2D eigenvalue weighted by Gasteiger charge is 2.10. The zero-order chi connectivity index (χ0) is 12.1. The highest BCUT2D eigenvalue weighted by Crippen LogP contribution is 2.25. The topological polar surface area (TPSA) is 24.5 Å². The van der Waals surface area contributed by atoms with Crippen LogP contribution < -0.4 is 10.1 Å². The van der Waals surface area contributed by atoms with Crippen molar-refractivity contribution in [3.8, 4) is 5.75 Å². The first-order chi connectivity index (χ1) is 8.29. The van der Waals surface area contributed by atoms with Crippen molar-refractivity contribution in [2.75, 3.05) is 33.3 Å². The predicted octanol–water partition coefficient (Wildman–Crippen LogP) is 2.57. The fourth-order valence-corrected chi connectivity index (χ4v) is 2.41. The van der Waals surface area contributed by atoms with Crippen LogP contribution in [0.2, 0.25) is 5.02 Å². The molecule has 3 nitrogen and oxygen atoms in total. The highest BCUT2D eigenvalue weighted by molar-refractivity contribution is 6.32. The molecule has 0 bridgehead atoms. The SMILES string of the molecule is COc1ccc(CN2CCCNCC2)cc1Cl.Cl. The van der Waals surface area contributed by atoms with E-state index in [1.807, 2.05) is 12.1 Å². The van der Waals surface area contributed by atoms with Crippen molar-refractivity contribution in [3.63, 3.8) is 0 Å². The molecule has 5 heteroatoms. The van der Waals surface area contributed by atoms with Gasteiger partial charge in [-0.25, -0.2) is 0 Å². The van der Waals surface area contributed by atoms with Gasteiger partial charge >= 0.3 is 0 Å². The Labute approximate surface area is 120 Å². The summed E-state index contributed by atoms with van der Waals surface area (Å²) in [5, 5.41) is 4.10. The number of halogens is 2. The maximum atomic E-state index is 6.12. The van der Waals surface area contributed by atoms with Gasteiger partial charge in [-0.3, -0.25) is 4.90 Å². The van der Waals surface area contributed by atoms with E-state index < -0.39 is 0 Å². The number of ether oxygens (including phenoxy) is 1. The Hall–Kier alpha value is -0.480. The van der Waals surface area contributed by atoms with Crippen molar-refractivity contribution in [3.05, 3.63) is 28.8 Å². The molecule has 18 heavy (non-hydrogen) atoms. The van der Waals surface area contributed by atoms with E-state index in [1.54, 1.807) is 7.11 Å². The lowest BCUT2D eigenvalue weighted by atomic mass is 10.2. The fourth-order valence-electron chi connectivity index (χ4n) is 2.13. The number of nitrogens with one attached hydrogen (secondary N) is 1. The zero-order valence-corrected chi connectivity index (χ0v) is 12.2. The summed E-state index contributed by atoms with van der Waals surface area (Å²) in [5.41, 5.74) is 1.25. The summed E-state index contributed by atoms with van der Waals surface area (Å²) in [6.45, 7) is 5.41. The van der Waals surface area contributed by atoms with Crippen LogP contribution in [0, 0.1) is 0 Å². The van der Waals surface area contributed by atoms with Gasteiger partial charge in [-0.15, -0.1) is 12.4 Å². The first kappa shape index (κ1) is 15.6. The second-order valence-corrected chi connectivity index (χ2v) is 4.76. The minimum Gasteiger partial charge on any atom is -0.495 e. The van der Waals surface area contributed by atoms with Crippen LogP contribution in [0.5, 0.6) is 5.75 Å². The van der Waals surface area contributed by atoms with Gasteiger partial charge in [-0.05, 0) is 37.2 Å². The van der Waals surface area contributed by atoms with Gasteiger partial charge in [-0.2, -0.15) is 0 Å². The molecule has 1 aromatic rings. The Balaban J connectivity index is 0.00000162. The molecule has 102 valence electrons. The molecule has 1 N–H and O–H groups in total. The lowest BCUT2D eigenvalue weighted by Crippen LogP contribution is -2.27. The average Bonchev–Trinajstić information content (AvgIpc) is 2.58. The van der Waals surface area contributed by atoms with Crippen molar-refractivity contribution in [2.24, 2.45) is 0 Å². The number of hydrogen-bond donors (Lipinski definition) is 1. The Kier molecular flexibility index (Phi) is 6.79. The predicted molar refractivity (Wildman–Crippen MR) is 78.0 cm³/mol. The lowest BCUT2D eigenvalue weighted by molar-refractivity contribution is 0.284. The minimum absolute atomic E-state index is 0. The third-order valence-electron chi connectivity index (χ3n) is 3.06. The van der Waals surface area contributed by atoms with Crippen LogP contribution in [0.25, 0.3) is 0 Å². The number of benzene rings is 1. The summed E-state index contributed by atoms with van der Waals surface area (Å²) >= 11 is 6.12. The Morgan fingerprint density at radius 1 is 1.33 bits per heavy atom. The Bertz CT molecular complexity index is 366. The molecule has 0 atom stereocenters. The van der Waals surface area contributed by atoms with Gasteiger partial charge in [0.1, 0.15) is 5.75 Å². The average molecular weight is 291 g/mol. The molecule has 1 aliphatic heterocycles. The standard InChI is InChI=1S/C13H19ClN2O.ClH/c1-17-13-4-3-11(9-12(13)14)10-16-7-2-5-15-6-8-16;/h3-4,9,15H,2,5-8,10H2,1H3;1H. The molecule has 0 radical (unpaired) electrons. The molecule has 0 aromatic heterocycles. The second-order valence-electron chi connectivity index (χ2n) is 4.35. The maximum absolute atomic E-state index is 6.12. The second kappa shape index (κ2) is 7.85. The first-order valence-electron chi connectivity index (χ1n) is 6.05. The summed E-state index contributed by atoms with van der Waals surface area (Å²) < 4.78 is 5.15. The molecule has 0 saturated carbocycles. The first-order valence-corrected chi connectivity index (χ1v) is 6.43. The van der Waals surface area contributed by atoms with Crippen LogP contribution in [0.1, 0.15) is 12.0 Å². The summed E-state index contributed by atoms with van der Waals surface area (Å²) in [5.74, 6) is 0.743. The molecular formula is C13H20Cl2N2O. The molecule has 1 fully saturated rings. The van der Waals surface area contributed by atoms with Crippen LogP contribution in [-0.4, -0.2) is 38.2 Å². The molecule has 0 amide bonds. The molecule has 0 unspecified atom stereocenters. The van der Waals surface area contributed by atoms with Crippen molar-refractivity contribution >= 4 is 24.0 Å². The van der Waals surface area contributed by atoms with Crippen LogP contribution in [0.4, 0.5) is 0 Å². The molecule has 1 heterocycles. The number of nitrogens with zero attached hydrogens (tertiary/aromatic N) is 1. The number of hydrogen-bond acceptors (Lipinski definition) is 3. The smallest absolute Gasteiger partial charge is 0.137 e. The van der Waals surface area contributed by atoms with Gasteiger partial charge in [0.05, 0.1) is 12.1 Å².